The number of alkyl halides is 3. The Morgan fingerprint density at radius 1 is 0.667 bits per heavy atom. The lowest BCUT2D eigenvalue weighted by Crippen LogP contribution is -2.25. The van der Waals surface area contributed by atoms with Crippen LogP contribution in [0.5, 0.6) is 0 Å². The molecule has 0 aromatic heterocycles. The highest BCUT2D eigenvalue weighted by atomic mass is 19.4. The molecule has 0 atom stereocenters. The summed E-state index contributed by atoms with van der Waals surface area (Å²) in [7, 11) is 0. The van der Waals surface area contributed by atoms with E-state index in [-0.39, 0.29) is 6.61 Å². The molecule has 0 fully saturated rings. The van der Waals surface area contributed by atoms with Crippen molar-refractivity contribution in [2.24, 2.45) is 0 Å². The van der Waals surface area contributed by atoms with Crippen LogP contribution in [-0.2, 0) is 9.53 Å². The van der Waals surface area contributed by atoms with Crippen LogP contribution in [0.3, 0.4) is 0 Å². The number of carbonyl (C=O) groups excluding carboxylic acids is 1. The van der Waals surface area contributed by atoms with Gasteiger partial charge in [0, 0.05) is 0 Å². The Kier molecular flexibility index (Phi) is 15.3. The highest BCUT2D eigenvalue weighted by Gasteiger charge is 2.40. The molecule has 0 aliphatic rings. The number of esters is 1. The first-order valence-electron chi connectivity index (χ1n) is 9.72. The van der Waals surface area contributed by atoms with Crippen LogP contribution in [0.4, 0.5) is 13.2 Å². The van der Waals surface area contributed by atoms with Crippen molar-refractivity contribution in [3.8, 4) is 0 Å². The van der Waals surface area contributed by atoms with Crippen LogP contribution < -0.4 is 0 Å². The molecule has 0 spiro atoms. The van der Waals surface area contributed by atoms with Crippen LogP contribution in [0.1, 0.15) is 103 Å². The molecule has 0 radical (unpaired) electrons. The van der Waals surface area contributed by atoms with E-state index in [0.29, 0.717) is 6.42 Å². The zero-order valence-electron chi connectivity index (χ0n) is 15.3. The van der Waals surface area contributed by atoms with E-state index in [1.807, 2.05) is 0 Å². The predicted molar refractivity (Wildman–Crippen MR) is 91.9 cm³/mol. The molecule has 2 nitrogen and oxygen atoms in total. The molecule has 0 saturated carbocycles. The molecule has 0 heterocycles. The highest BCUT2D eigenvalue weighted by Crippen LogP contribution is 2.17. The first-order chi connectivity index (χ1) is 11.5. The van der Waals surface area contributed by atoms with E-state index in [2.05, 4.69) is 11.7 Å². The maximum Gasteiger partial charge on any atom is 0.490 e. The summed E-state index contributed by atoms with van der Waals surface area (Å²) in [6.07, 6.45) is 13.2. The second-order valence-electron chi connectivity index (χ2n) is 6.58. The van der Waals surface area contributed by atoms with Crippen LogP contribution >= 0.6 is 0 Å². The minimum atomic E-state index is -4.87. The topological polar surface area (TPSA) is 26.3 Å². The summed E-state index contributed by atoms with van der Waals surface area (Å²) in [6, 6.07) is 0. The van der Waals surface area contributed by atoms with E-state index < -0.39 is 12.1 Å². The summed E-state index contributed by atoms with van der Waals surface area (Å²) in [6.45, 7) is 2.11. The third-order valence-electron chi connectivity index (χ3n) is 4.21. The molecule has 0 aromatic rings. The standard InChI is InChI=1S/C19H35F3O2/c1-2-3-4-5-6-7-8-9-10-11-12-13-14-15-16-17-24-18(23)19(20,21)22/h2-17H2,1H3. The van der Waals surface area contributed by atoms with Gasteiger partial charge in [0.2, 0.25) is 0 Å². The molecular weight excluding hydrogens is 317 g/mol. The number of carbonyl (C=O) groups is 1. The lowest BCUT2D eigenvalue weighted by Gasteiger charge is -2.07. The Labute approximate surface area is 145 Å². The Balaban J connectivity index is 3.12. The molecular formula is C19H35F3O2. The van der Waals surface area contributed by atoms with E-state index in [1.54, 1.807) is 0 Å². The summed E-state index contributed by atoms with van der Waals surface area (Å²) >= 11 is 0. The summed E-state index contributed by atoms with van der Waals surface area (Å²) in [5.41, 5.74) is 0. The molecule has 0 aliphatic carbocycles. The Morgan fingerprint density at radius 3 is 1.33 bits per heavy atom. The average molecular weight is 352 g/mol. The summed E-state index contributed by atoms with van der Waals surface area (Å²) in [5, 5.41) is 0. The van der Waals surface area contributed by atoms with Crippen LogP contribution in [0.25, 0.3) is 0 Å². The van der Waals surface area contributed by atoms with Gasteiger partial charge in [-0.2, -0.15) is 13.2 Å². The van der Waals surface area contributed by atoms with Gasteiger partial charge in [0.25, 0.3) is 0 Å². The maximum absolute atomic E-state index is 11.9. The fourth-order valence-electron chi connectivity index (χ4n) is 2.72. The minimum absolute atomic E-state index is 0.128. The van der Waals surface area contributed by atoms with Gasteiger partial charge in [-0.1, -0.05) is 96.8 Å². The van der Waals surface area contributed by atoms with Crippen molar-refractivity contribution < 1.29 is 22.7 Å². The molecule has 0 rings (SSSR count). The van der Waals surface area contributed by atoms with Gasteiger partial charge in [0.1, 0.15) is 0 Å². The first-order valence-corrected chi connectivity index (χ1v) is 9.72. The second kappa shape index (κ2) is 15.8. The average Bonchev–Trinajstić information content (AvgIpc) is 2.53. The molecule has 5 heteroatoms. The first kappa shape index (κ1) is 23.3. The highest BCUT2D eigenvalue weighted by molar-refractivity contribution is 5.75. The summed E-state index contributed by atoms with van der Waals surface area (Å²) < 4.78 is 39.8. The number of halogens is 3. The second-order valence-corrected chi connectivity index (χ2v) is 6.58. The molecule has 0 unspecified atom stereocenters. The van der Waals surface area contributed by atoms with Crippen molar-refractivity contribution >= 4 is 5.97 Å². The number of rotatable bonds is 16. The summed E-state index contributed by atoms with van der Waals surface area (Å²) in [5.74, 6) is -2.08. The fourth-order valence-corrected chi connectivity index (χ4v) is 2.72. The molecule has 0 N–H and O–H groups in total. The lowest BCUT2D eigenvalue weighted by molar-refractivity contribution is -0.199. The molecule has 24 heavy (non-hydrogen) atoms. The van der Waals surface area contributed by atoms with Crippen LogP contribution in [0.15, 0.2) is 0 Å². The maximum atomic E-state index is 11.9. The van der Waals surface area contributed by atoms with Crippen molar-refractivity contribution in [3.05, 3.63) is 0 Å². The SMILES string of the molecule is CCCCCCCCCCCCCCCCCOC(=O)C(F)(F)F. The normalized spacial score (nSPS) is 11.7. The van der Waals surface area contributed by atoms with Crippen LogP contribution in [0.2, 0.25) is 0 Å². The van der Waals surface area contributed by atoms with Crippen molar-refractivity contribution in [1.29, 1.82) is 0 Å². The van der Waals surface area contributed by atoms with Gasteiger partial charge in [-0.05, 0) is 6.42 Å². The Morgan fingerprint density at radius 2 is 1.00 bits per heavy atom. The monoisotopic (exact) mass is 352 g/mol. The lowest BCUT2D eigenvalue weighted by atomic mass is 10.0. The van der Waals surface area contributed by atoms with Gasteiger partial charge in [-0.15, -0.1) is 0 Å². The van der Waals surface area contributed by atoms with Crippen LogP contribution in [0, 0.1) is 0 Å². The number of ether oxygens (including phenoxy) is 1. The van der Waals surface area contributed by atoms with Crippen molar-refractivity contribution in [2.45, 2.75) is 109 Å². The fraction of sp³-hybridized carbons (Fsp3) is 0.947. The van der Waals surface area contributed by atoms with Gasteiger partial charge in [-0.25, -0.2) is 4.79 Å². The van der Waals surface area contributed by atoms with E-state index in [4.69, 9.17) is 0 Å². The van der Waals surface area contributed by atoms with Gasteiger partial charge >= 0.3 is 12.1 Å². The number of hydrogen-bond acceptors (Lipinski definition) is 2. The van der Waals surface area contributed by atoms with E-state index >= 15 is 0 Å². The predicted octanol–water partition coefficient (Wildman–Crippen LogP) is 6.96. The van der Waals surface area contributed by atoms with Crippen LogP contribution in [-0.4, -0.2) is 18.8 Å². The third kappa shape index (κ3) is 16.1. The van der Waals surface area contributed by atoms with Gasteiger partial charge < -0.3 is 4.74 Å². The molecule has 0 saturated heterocycles. The van der Waals surface area contributed by atoms with Gasteiger partial charge in [0.15, 0.2) is 0 Å². The molecule has 0 bridgehead atoms. The van der Waals surface area contributed by atoms with Gasteiger partial charge in [-0.3, -0.25) is 0 Å². The molecule has 144 valence electrons. The molecule has 0 aliphatic heterocycles. The molecule has 0 aromatic carbocycles. The zero-order chi connectivity index (χ0) is 18.1. The zero-order valence-corrected chi connectivity index (χ0v) is 15.3. The van der Waals surface area contributed by atoms with Gasteiger partial charge in [0.05, 0.1) is 6.61 Å². The van der Waals surface area contributed by atoms with Crippen molar-refractivity contribution in [3.63, 3.8) is 0 Å². The van der Waals surface area contributed by atoms with Crippen molar-refractivity contribution in [2.75, 3.05) is 6.61 Å². The smallest absolute Gasteiger partial charge is 0.459 e. The molecule has 0 amide bonds. The largest absolute Gasteiger partial charge is 0.490 e. The van der Waals surface area contributed by atoms with E-state index in [9.17, 15) is 18.0 Å². The minimum Gasteiger partial charge on any atom is -0.459 e. The Hall–Kier alpha value is -0.740. The number of unbranched alkanes of at least 4 members (excludes halogenated alkanes) is 14. The Bertz CT molecular complexity index is 291. The van der Waals surface area contributed by atoms with E-state index in [0.717, 1.165) is 19.3 Å². The quantitative estimate of drug-likeness (QED) is 0.222. The van der Waals surface area contributed by atoms with E-state index in [1.165, 1.54) is 70.6 Å². The summed E-state index contributed by atoms with van der Waals surface area (Å²) in [4.78, 5) is 10.5. The van der Waals surface area contributed by atoms with Crippen molar-refractivity contribution in [1.82, 2.24) is 0 Å². The third-order valence-corrected chi connectivity index (χ3v) is 4.21. The number of hydrogen-bond donors (Lipinski definition) is 0.